The van der Waals surface area contributed by atoms with Crippen LogP contribution in [-0.4, -0.2) is 46.4 Å². The van der Waals surface area contributed by atoms with Crippen LogP contribution in [-0.2, 0) is 0 Å². The van der Waals surface area contributed by atoms with Gasteiger partial charge in [-0.05, 0) is 18.9 Å². The molecule has 0 amide bonds. The second kappa shape index (κ2) is 6.43. The fourth-order valence-electron chi connectivity index (χ4n) is 4.03. The molecule has 5 rings (SSSR count). The summed E-state index contributed by atoms with van der Waals surface area (Å²) in [5.41, 5.74) is 0.505. The van der Waals surface area contributed by atoms with Crippen LogP contribution in [0.15, 0.2) is 28.1 Å². The van der Waals surface area contributed by atoms with Gasteiger partial charge in [0, 0.05) is 42.3 Å². The highest BCUT2D eigenvalue weighted by molar-refractivity contribution is 7.13. The van der Waals surface area contributed by atoms with Gasteiger partial charge in [-0.2, -0.15) is 18.2 Å². The van der Waals surface area contributed by atoms with Gasteiger partial charge in [-0.25, -0.2) is 4.98 Å². The number of aromatic nitrogens is 2. The van der Waals surface area contributed by atoms with Crippen molar-refractivity contribution in [1.82, 2.24) is 15.3 Å². The van der Waals surface area contributed by atoms with E-state index in [1.165, 1.54) is 23.5 Å². The van der Waals surface area contributed by atoms with Crippen molar-refractivity contribution in [3.05, 3.63) is 29.3 Å². The van der Waals surface area contributed by atoms with E-state index in [1.807, 2.05) is 4.90 Å². The predicted octanol–water partition coefficient (Wildman–Crippen LogP) is 3.49. The number of benzene rings is 1. The largest absolute Gasteiger partial charge is 0.423 e. The van der Waals surface area contributed by atoms with E-state index < -0.39 is 12.3 Å². The topological polar surface area (TPSA) is 74.4 Å². The van der Waals surface area contributed by atoms with Crippen LogP contribution in [0.25, 0.3) is 21.7 Å². The third kappa shape index (κ3) is 2.96. The number of rotatable bonds is 3. The minimum atomic E-state index is -4.79. The first-order chi connectivity index (χ1) is 13.4. The van der Waals surface area contributed by atoms with Crippen molar-refractivity contribution in [3.63, 3.8) is 0 Å². The number of nitrogens with one attached hydrogen (secondary N) is 1. The SMILES string of the molecule is O[C@@H](c1ccc(-c2nccs2)c2oc(N3CC4CCC(C3)N4)nc12)C(F)(F)F. The number of alkyl halides is 3. The highest BCUT2D eigenvalue weighted by Gasteiger charge is 2.42. The summed E-state index contributed by atoms with van der Waals surface area (Å²) in [7, 11) is 0. The van der Waals surface area contributed by atoms with E-state index in [9.17, 15) is 18.3 Å². The van der Waals surface area contributed by atoms with Gasteiger partial charge in [0.25, 0.3) is 6.01 Å². The standard InChI is InChI=1S/C18H17F3N4O2S/c19-18(20,21)15(26)11-3-4-12(16-22-5-6-28-16)14-13(11)24-17(27-14)25-7-9-1-2-10(8-25)23-9/h3-6,9-10,15,23,26H,1-2,7-8H2/t9?,10?,15-/m0/s1. The average molecular weight is 410 g/mol. The Kier molecular flexibility index (Phi) is 4.11. The number of fused-ring (bicyclic) bond motifs is 3. The Labute approximate surface area is 162 Å². The first-order valence-electron chi connectivity index (χ1n) is 8.99. The average Bonchev–Trinajstić information content (AvgIpc) is 3.39. The van der Waals surface area contributed by atoms with Crippen LogP contribution in [0.2, 0.25) is 0 Å². The number of thiazole rings is 1. The van der Waals surface area contributed by atoms with Gasteiger partial charge in [0.2, 0.25) is 0 Å². The number of piperazine rings is 1. The fourth-order valence-corrected chi connectivity index (χ4v) is 4.69. The number of anilines is 1. The molecule has 4 heterocycles. The molecule has 0 aliphatic carbocycles. The number of halogens is 3. The van der Waals surface area contributed by atoms with Crippen molar-refractivity contribution >= 4 is 28.5 Å². The van der Waals surface area contributed by atoms with Crippen molar-refractivity contribution < 1.29 is 22.7 Å². The zero-order chi connectivity index (χ0) is 19.5. The zero-order valence-corrected chi connectivity index (χ0v) is 15.4. The minimum absolute atomic E-state index is 0.0263. The van der Waals surface area contributed by atoms with E-state index >= 15 is 0 Å². The van der Waals surface area contributed by atoms with E-state index in [0.29, 0.717) is 35.7 Å². The predicted molar refractivity (Wildman–Crippen MR) is 98.3 cm³/mol. The van der Waals surface area contributed by atoms with Crippen molar-refractivity contribution in [2.75, 3.05) is 18.0 Å². The number of aliphatic hydroxyl groups excluding tert-OH is 1. The van der Waals surface area contributed by atoms with E-state index in [-0.39, 0.29) is 22.7 Å². The molecule has 10 heteroatoms. The molecule has 1 aromatic carbocycles. The Morgan fingerprint density at radius 1 is 1.25 bits per heavy atom. The third-order valence-corrected chi connectivity index (χ3v) is 6.12. The highest BCUT2D eigenvalue weighted by Crippen LogP contribution is 2.41. The van der Waals surface area contributed by atoms with Crippen LogP contribution in [0.1, 0.15) is 24.5 Å². The lowest BCUT2D eigenvalue weighted by molar-refractivity contribution is -0.206. The van der Waals surface area contributed by atoms with Gasteiger partial charge in [-0.3, -0.25) is 0 Å². The van der Waals surface area contributed by atoms with Gasteiger partial charge in [-0.15, -0.1) is 11.3 Å². The van der Waals surface area contributed by atoms with Crippen molar-refractivity contribution in [2.24, 2.45) is 0 Å². The molecule has 0 spiro atoms. The molecular weight excluding hydrogens is 393 g/mol. The molecule has 2 bridgehead atoms. The molecule has 3 aromatic rings. The maximum absolute atomic E-state index is 13.2. The molecule has 2 aliphatic rings. The second-order valence-corrected chi connectivity index (χ2v) is 8.10. The normalized spacial score (nSPS) is 23.5. The number of aliphatic hydroxyl groups is 1. The molecule has 148 valence electrons. The van der Waals surface area contributed by atoms with Gasteiger partial charge in [0.15, 0.2) is 11.7 Å². The lowest BCUT2D eigenvalue weighted by Crippen LogP contribution is -2.51. The molecule has 0 radical (unpaired) electrons. The molecule has 6 nitrogen and oxygen atoms in total. The molecule has 2 N–H and O–H groups in total. The van der Waals surface area contributed by atoms with E-state index in [2.05, 4.69) is 15.3 Å². The minimum Gasteiger partial charge on any atom is -0.423 e. The van der Waals surface area contributed by atoms with Crippen molar-refractivity contribution in [2.45, 2.75) is 37.2 Å². The molecule has 3 atom stereocenters. The first-order valence-corrected chi connectivity index (χ1v) is 9.87. The Morgan fingerprint density at radius 2 is 2.00 bits per heavy atom. The zero-order valence-electron chi connectivity index (χ0n) is 14.6. The molecule has 2 aliphatic heterocycles. The summed E-state index contributed by atoms with van der Waals surface area (Å²) in [6.07, 6.45) is -3.68. The molecule has 2 aromatic heterocycles. The van der Waals surface area contributed by atoms with E-state index in [4.69, 9.17) is 4.42 Å². The van der Waals surface area contributed by atoms with Crippen molar-refractivity contribution in [3.8, 4) is 10.6 Å². The molecular formula is C18H17F3N4O2S. The first kappa shape index (κ1) is 17.9. The quantitative estimate of drug-likeness (QED) is 0.689. The maximum Gasteiger partial charge on any atom is 0.418 e. The number of hydrogen-bond acceptors (Lipinski definition) is 7. The molecule has 2 fully saturated rings. The van der Waals surface area contributed by atoms with Crippen LogP contribution < -0.4 is 10.2 Å². The lowest BCUT2D eigenvalue weighted by Gasteiger charge is -2.31. The summed E-state index contributed by atoms with van der Waals surface area (Å²) in [5, 5.41) is 15.8. The molecule has 2 unspecified atom stereocenters. The monoisotopic (exact) mass is 410 g/mol. The number of nitrogens with zero attached hydrogens (tertiary/aromatic N) is 3. The fraction of sp³-hybridized carbons (Fsp3) is 0.444. The number of oxazole rings is 1. The Hall–Kier alpha value is -2.17. The summed E-state index contributed by atoms with van der Waals surface area (Å²) in [4.78, 5) is 10.6. The summed E-state index contributed by atoms with van der Waals surface area (Å²) in [6, 6.07) is 3.69. The van der Waals surface area contributed by atoms with Gasteiger partial charge < -0.3 is 19.7 Å². The Bertz CT molecular complexity index is 992. The maximum atomic E-state index is 13.2. The lowest BCUT2D eigenvalue weighted by atomic mass is 10.0. The second-order valence-electron chi connectivity index (χ2n) is 7.20. The Balaban J connectivity index is 1.64. The van der Waals surface area contributed by atoms with Crippen LogP contribution in [0.4, 0.5) is 19.2 Å². The number of hydrogen-bond donors (Lipinski definition) is 2. The third-order valence-electron chi connectivity index (χ3n) is 5.32. The molecule has 28 heavy (non-hydrogen) atoms. The summed E-state index contributed by atoms with van der Waals surface area (Å²) in [6.45, 7) is 1.38. The van der Waals surface area contributed by atoms with Gasteiger partial charge >= 0.3 is 6.18 Å². The molecule has 0 saturated carbocycles. The van der Waals surface area contributed by atoms with Crippen molar-refractivity contribution in [1.29, 1.82) is 0 Å². The highest BCUT2D eigenvalue weighted by atomic mass is 32.1. The van der Waals surface area contributed by atoms with Crippen LogP contribution in [0.5, 0.6) is 0 Å². The van der Waals surface area contributed by atoms with E-state index in [1.54, 1.807) is 11.6 Å². The Morgan fingerprint density at radius 3 is 2.64 bits per heavy atom. The van der Waals surface area contributed by atoms with Crippen LogP contribution >= 0.6 is 11.3 Å². The van der Waals surface area contributed by atoms with Gasteiger partial charge in [0.05, 0.1) is 5.56 Å². The van der Waals surface area contributed by atoms with Gasteiger partial charge in [0.1, 0.15) is 10.5 Å². The van der Waals surface area contributed by atoms with Crippen LogP contribution in [0, 0.1) is 0 Å². The van der Waals surface area contributed by atoms with Crippen LogP contribution in [0.3, 0.4) is 0 Å². The van der Waals surface area contributed by atoms with E-state index in [0.717, 1.165) is 12.8 Å². The summed E-state index contributed by atoms with van der Waals surface area (Å²) >= 11 is 1.36. The molecule has 2 saturated heterocycles. The van der Waals surface area contributed by atoms with Gasteiger partial charge in [-0.1, -0.05) is 6.07 Å². The smallest absolute Gasteiger partial charge is 0.418 e. The summed E-state index contributed by atoms with van der Waals surface area (Å²) in [5.74, 6) is 0. The summed E-state index contributed by atoms with van der Waals surface area (Å²) < 4.78 is 45.5.